The van der Waals surface area contributed by atoms with Gasteiger partial charge in [-0.1, -0.05) is 20.8 Å². The molecule has 0 saturated heterocycles. The summed E-state index contributed by atoms with van der Waals surface area (Å²) in [5, 5.41) is 9.16. The number of rotatable bonds is 4. The van der Waals surface area contributed by atoms with E-state index < -0.39 is 5.54 Å². The van der Waals surface area contributed by atoms with E-state index in [1.807, 2.05) is 6.92 Å². The van der Waals surface area contributed by atoms with Crippen molar-refractivity contribution in [3.8, 4) is 0 Å². The van der Waals surface area contributed by atoms with E-state index in [0.717, 1.165) is 12.3 Å². The topological polar surface area (TPSA) is 55.5 Å². The van der Waals surface area contributed by atoms with Crippen molar-refractivity contribution >= 4 is 0 Å². The molecular formula is C14H27NO2. The van der Waals surface area contributed by atoms with Gasteiger partial charge in [-0.3, -0.25) is 0 Å². The third-order valence-corrected chi connectivity index (χ3v) is 5.69. The Morgan fingerprint density at radius 1 is 1.41 bits per heavy atom. The first kappa shape index (κ1) is 13.3. The third-order valence-electron chi connectivity index (χ3n) is 5.69. The maximum atomic E-state index is 9.16. The highest BCUT2D eigenvalue weighted by molar-refractivity contribution is 5.11. The van der Waals surface area contributed by atoms with E-state index in [0.29, 0.717) is 18.1 Å². The lowest BCUT2D eigenvalue weighted by Crippen LogP contribution is -2.47. The fraction of sp³-hybridized carbons (Fsp3) is 1.00. The maximum Gasteiger partial charge on any atom is 0.0670 e. The number of aliphatic hydroxyl groups is 1. The molecule has 2 saturated carbocycles. The zero-order chi connectivity index (χ0) is 12.9. The molecular weight excluding hydrogens is 214 g/mol. The fourth-order valence-electron chi connectivity index (χ4n) is 3.72. The van der Waals surface area contributed by atoms with Crippen molar-refractivity contribution < 1.29 is 9.84 Å². The van der Waals surface area contributed by atoms with E-state index in [4.69, 9.17) is 15.6 Å². The maximum absolute atomic E-state index is 9.16. The minimum atomic E-state index is -0.609. The lowest BCUT2D eigenvalue weighted by molar-refractivity contribution is -0.0665. The van der Waals surface area contributed by atoms with Crippen LogP contribution in [0.15, 0.2) is 0 Å². The highest BCUT2D eigenvalue weighted by Gasteiger charge is 2.61. The van der Waals surface area contributed by atoms with Gasteiger partial charge in [0.05, 0.1) is 24.9 Å². The normalized spacial score (nSPS) is 42.7. The minimum Gasteiger partial charge on any atom is -0.394 e. The molecule has 0 spiro atoms. The number of fused-ring (bicyclic) bond motifs is 2. The van der Waals surface area contributed by atoms with Gasteiger partial charge in [0.25, 0.3) is 0 Å². The number of aliphatic hydroxyl groups excluding tert-OH is 1. The van der Waals surface area contributed by atoms with Gasteiger partial charge in [-0.05, 0) is 42.9 Å². The van der Waals surface area contributed by atoms with Gasteiger partial charge in [0.1, 0.15) is 0 Å². The molecule has 2 fully saturated rings. The smallest absolute Gasteiger partial charge is 0.0670 e. The Hall–Kier alpha value is -0.120. The monoisotopic (exact) mass is 241 g/mol. The molecule has 3 heteroatoms. The molecule has 3 nitrogen and oxygen atoms in total. The van der Waals surface area contributed by atoms with Crippen LogP contribution in [0.25, 0.3) is 0 Å². The van der Waals surface area contributed by atoms with Crippen LogP contribution in [0.2, 0.25) is 0 Å². The van der Waals surface area contributed by atoms with Crippen molar-refractivity contribution in [1.29, 1.82) is 0 Å². The largest absolute Gasteiger partial charge is 0.394 e. The van der Waals surface area contributed by atoms with Crippen molar-refractivity contribution in [2.45, 2.75) is 58.6 Å². The van der Waals surface area contributed by atoms with Crippen LogP contribution in [0, 0.1) is 16.7 Å². The van der Waals surface area contributed by atoms with Gasteiger partial charge in [0.2, 0.25) is 0 Å². The van der Waals surface area contributed by atoms with Crippen LogP contribution >= 0.6 is 0 Å². The molecule has 0 amide bonds. The fourth-order valence-corrected chi connectivity index (χ4v) is 3.72. The van der Waals surface area contributed by atoms with Crippen molar-refractivity contribution in [1.82, 2.24) is 0 Å². The Balaban J connectivity index is 2.01. The van der Waals surface area contributed by atoms with E-state index in [9.17, 15) is 0 Å². The van der Waals surface area contributed by atoms with Crippen LogP contribution in [0.5, 0.6) is 0 Å². The van der Waals surface area contributed by atoms with Crippen LogP contribution in [0.1, 0.15) is 47.0 Å². The van der Waals surface area contributed by atoms with E-state index in [1.54, 1.807) is 0 Å². The van der Waals surface area contributed by atoms with Crippen LogP contribution in [0.3, 0.4) is 0 Å². The molecule has 0 radical (unpaired) electrons. The van der Waals surface area contributed by atoms with Gasteiger partial charge in [0.15, 0.2) is 0 Å². The predicted octanol–water partition coefficient (Wildman–Crippen LogP) is 1.93. The Morgan fingerprint density at radius 3 is 2.47 bits per heavy atom. The van der Waals surface area contributed by atoms with Gasteiger partial charge in [-0.25, -0.2) is 0 Å². The predicted molar refractivity (Wildman–Crippen MR) is 68.6 cm³/mol. The molecule has 2 aliphatic rings. The average molecular weight is 241 g/mol. The molecule has 100 valence electrons. The van der Waals surface area contributed by atoms with E-state index >= 15 is 0 Å². The van der Waals surface area contributed by atoms with Gasteiger partial charge >= 0.3 is 0 Å². The Bertz CT molecular complexity index is 301. The van der Waals surface area contributed by atoms with Crippen LogP contribution in [0.4, 0.5) is 0 Å². The lowest BCUT2D eigenvalue weighted by atomic mass is 9.70. The molecule has 4 unspecified atom stereocenters. The molecule has 2 aliphatic carbocycles. The van der Waals surface area contributed by atoms with Crippen LogP contribution in [-0.4, -0.2) is 30.0 Å². The molecule has 2 bridgehead atoms. The summed E-state index contributed by atoms with van der Waals surface area (Å²) >= 11 is 0. The molecule has 0 aromatic heterocycles. The van der Waals surface area contributed by atoms with Crippen molar-refractivity contribution in [3.63, 3.8) is 0 Å². The number of nitrogens with two attached hydrogens (primary N) is 1. The zero-order valence-corrected chi connectivity index (χ0v) is 11.6. The second-order valence-electron chi connectivity index (χ2n) is 7.22. The Kier molecular flexibility index (Phi) is 3.08. The number of ether oxygens (including phenoxy) is 1. The molecule has 0 aromatic rings. The molecule has 0 heterocycles. The lowest BCUT2D eigenvalue weighted by Gasteiger charge is -2.40. The first-order valence-corrected chi connectivity index (χ1v) is 6.74. The molecule has 17 heavy (non-hydrogen) atoms. The SMILES string of the molecule is CC(N)(CO)COC1CC2CCC1(C)C2(C)C. The summed E-state index contributed by atoms with van der Waals surface area (Å²) in [5.41, 5.74) is 5.98. The van der Waals surface area contributed by atoms with Gasteiger partial charge in [0, 0.05) is 0 Å². The summed E-state index contributed by atoms with van der Waals surface area (Å²) in [4.78, 5) is 0. The summed E-state index contributed by atoms with van der Waals surface area (Å²) in [6.07, 6.45) is 4.06. The summed E-state index contributed by atoms with van der Waals surface area (Å²) in [5.74, 6) is 0.788. The second-order valence-corrected chi connectivity index (χ2v) is 7.22. The van der Waals surface area contributed by atoms with Crippen molar-refractivity contribution in [2.75, 3.05) is 13.2 Å². The van der Waals surface area contributed by atoms with E-state index in [-0.39, 0.29) is 12.0 Å². The Morgan fingerprint density at radius 2 is 2.06 bits per heavy atom. The van der Waals surface area contributed by atoms with Crippen molar-refractivity contribution in [3.05, 3.63) is 0 Å². The van der Waals surface area contributed by atoms with Gasteiger partial charge < -0.3 is 15.6 Å². The highest BCUT2D eigenvalue weighted by atomic mass is 16.5. The summed E-state index contributed by atoms with van der Waals surface area (Å²) in [6, 6.07) is 0. The van der Waals surface area contributed by atoms with Crippen LogP contribution in [-0.2, 0) is 4.74 Å². The Labute approximate surface area is 105 Å². The standard InChI is InChI=1S/C14H27NO2/c1-12(2)10-5-6-14(12,4)11(7-10)17-9-13(3,15)8-16/h10-11,16H,5-9,15H2,1-4H3. The van der Waals surface area contributed by atoms with Gasteiger partial charge in [-0.15, -0.1) is 0 Å². The molecule has 0 aliphatic heterocycles. The first-order valence-electron chi connectivity index (χ1n) is 6.74. The van der Waals surface area contributed by atoms with Gasteiger partial charge in [-0.2, -0.15) is 0 Å². The molecule has 4 atom stereocenters. The van der Waals surface area contributed by atoms with E-state index in [2.05, 4.69) is 20.8 Å². The quantitative estimate of drug-likeness (QED) is 0.790. The number of hydrogen-bond acceptors (Lipinski definition) is 3. The molecule has 2 rings (SSSR count). The summed E-state index contributed by atoms with van der Waals surface area (Å²) in [7, 11) is 0. The zero-order valence-electron chi connectivity index (χ0n) is 11.6. The average Bonchev–Trinajstić information content (AvgIpc) is 2.58. The minimum absolute atomic E-state index is 0.0245. The number of hydrogen-bond donors (Lipinski definition) is 2. The first-order chi connectivity index (χ1) is 7.73. The summed E-state index contributed by atoms with van der Waals surface area (Å²) in [6.45, 7) is 9.38. The second kappa shape index (κ2) is 3.94. The molecule has 0 aromatic carbocycles. The van der Waals surface area contributed by atoms with Crippen LogP contribution < -0.4 is 5.73 Å². The highest BCUT2D eigenvalue weighted by Crippen LogP contribution is 2.66. The van der Waals surface area contributed by atoms with Crippen molar-refractivity contribution in [2.24, 2.45) is 22.5 Å². The summed E-state index contributed by atoms with van der Waals surface area (Å²) < 4.78 is 6.05. The molecule has 3 N–H and O–H groups in total. The third kappa shape index (κ3) is 1.92. The van der Waals surface area contributed by atoms with E-state index in [1.165, 1.54) is 12.8 Å².